The van der Waals surface area contributed by atoms with Gasteiger partial charge in [0.15, 0.2) is 11.5 Å². The van der Waals surface area contributed by atoms with E-state index in [9.17, 15) is 0 Å². The van der Waals surface area contributed by atoms with Gasteiger partial charge >= 0.3 is 0 Å². The molecule has 0 atom stereocenters. The maximum Gasteiger partial charge on any atom is 0.161 e. The predicted octanol–water partition coefficient (Wildman–Crippen LogP) is 3.27. The first kappa shape index (κ1) is 13.4. The van der Waals surface area contributed by atoms with Gasteiger partial charge in [-0.25, -0.2) is 0 Å². The lowest BCUT2D eigenvalue weighted by molar-refractivity contribution is 0.115. The van der Waals surface area contributed by atoms with Gasteiger partial charge < -0.3 is 14.8 Å². The van der Waals surface area contributed by atoms with E-state index in [-0.39, 0.29) is 0 Å². The van der Waals surface area contributed by atoms with Gasteiger partial charge in [-0.15, -0.1) is 0 Å². The smallest absolute Gasteiger partial charge is 0.161 e. The van der Waals surface area contributed by atoms with Crippen molar-refractivity contribution in [1.29, 1.82) is 0 Å². The molecule has 0 unspecified atom stereocenters. The molecule has 0 radical (unpaired) electrons. The normalized spacial score (nSPS) is 23.7. The molecule has 3 nitrogen and oxygen atoms in total. The second kappa shape index (κ2) is 4.91. The summed E-state index contributed by atoms with van der Waals surface area (Å²) in [4.78, 5) is 0. The number of rotatable bonds is 5. The molecule has 0 saturated heterocycles. The molecule has 114 valence electrons. The average molecular weight is 287 g/mol. The van der Waals surface area contributed by atoms with Crippen LogP contribution < -0.4 is 14.8 Å². The van der Waals surface area contributed by atoms with Gasteiger partial charge in [-0.2, -0.15) is 0 Å². The van der Waals surface area contributed by atoms with Gasteiger partial charge in [-0.05, 0) is 61.8 Å². The molecule has 4 rings (SSSR count). The molecule has 1 N–H and O–H groups in total. The Balaban J connectivity index is 1.58. The third kappa shape index (κ3) is 2.32. The van der Waals surface area contributed by atoms with Crippen LogP contribution in [0, 0.1) is 5.41 Å². The van der Waals surface area contributed by atoms with Crippen LogP contribution in [0.25, 0.3) is 0 Å². The minimum Gasteiger partial charge on any atom is -0.486 e. The van der Waals surface area contributed by atoms with Crippen molar-refractivity contribution in [2.75, 3.05) is 26.3 Å². The summed E-state index contributed by atoms with van der Waals surface area (Å²) < 4.78 is 11.4. The number of ether oxygens (including phenoxy) is 2. The Bertz CT molecular complexity index is 528. The molecule has 0 bridgehead atoms. The minimum atomic E-state index is 0.321. The van der Waals surface area contributed by atoms with Gasteiger partial charge in [0.2, 0.25) is 0 Å². The van der Waals surface area contributed by atoms with Gasteiger partial charge in [0, 0.05) is 12.0 Å². The lowest BCUT2D eigenvalue weighted by Crippen LogP contribution is -2.49. The lowest BCUT2D eigenvalue weighted by atomic mass is 9.56. The van der Waals surface area contributed by atoms with Gasteiger partial charge in [0.25, 0.3) is 0 Å². The second-order valence-corrected chi connectivity index (χ2v) is 7.17. The molecule has 2 aliphatic carbocycles. The number of benzene rings is 1. The summed E-state index contributed by atoms with van der Waals surface area (Å²) in [6.07, 6.45) is 6.76. The highest BCUT2D eigenvalue weighted by Gasteiger charge is 2.61. The summed E-state index contributed by atoms with van der Waals surface area (Å²) in [5.41, 5.74) is 2.45. The molecule has 2 fully saturated rings. The van der Waals surface area contributed by atoms with Crippen molar-refractivity contribution in [3.63, 3.8) is 0 Å². The third-order valence-corrected chi connectivity index (χ3v) is 5.43. The Kier molecular flexibility index (Phi) is 3.14. The van der Waals surface area contributed by atoms with Crippen molar-refractivity contribution in [3.05, 3.63) is 23.8 Å². The van der Waals surface area contributed by atoms with Crippen molar-refractivity contribution in [2.45, 2.75) is 44.4 Å². The first-order valence-electron chi connectivity index (χ1n) is 8.36. The molecular weight excluding hydrogens is 262 g/mol. The maximum absolute atomic E-state index is 5.78. The van der Waals surface area contributed by atoms with Crippen molar-refractivity contribution in [2.24, 2.45) is 5.41 Å². The molecule has 1 spiro atoms. The highest BCUT2D eigenvalue weighted by atomic mass is 16.6. The van der Waals surface area contributed by atoms with Crippen LogP contribution >= 0.6 is 0 Å². The lowest BCUT2D eigenvalue weighted by Gasteiger charge is -2.50. The van der Waals surface area contributed by atoms with E-state index in [4.69, 9.17) is 9.47 Å². The van der Waals surface area contributed by atoms with Crippen molar-refractivity contribution in [3.8, 4) is 11.5 Å². The predicted molar refractivity (Wildman–Crippen MR) is 83.2 cm³/mol. The zero-order valence-corrected chi connectivity index (χ0v) is 12.9. The van der Waals surface area contributed by atoms with Crippen molar-refractivity contribution >= 4 is 0 Å². The summed E-state index contributed by atoms with van der Waals surface area (Å²) in [5.74, 6) is 1.84. The Morgan fingerprint density at radius 3 is 2.57 bits per heavy atom. The topological polar surface area (TPSA) is 30.5 Å². The van der Waals surface area contributed by atoms with E-state index in [1.807, 2.05) is 0 Å². The standard InChI is InChI=1S/C18H25NO2/c1-2-7-19-13-18(11-17(12-18)5-6-17)14-3-4-15-16(10-14)21-9-8-20-15/h3-4,10,19H,2,5-9,11-13H2,1H3. The summed E-state index contributed by atoms with van der Waals surface area (Å²) in [7, 11) is 0. The van der Waals surface area contributed by atoms with Crippen LogP contribution in [0.1, 0.15) is 44.6 Å². The van der Waals surface area contributed by atoms with Crippen LogP contribution in [0.2, 0.25) is 0 Å². The van der Waals surface area contributed by atoms with E-state index < -0.39 is 0 Å². The van der Waals surface area contributed by atoms with E-state index in [1.54, 1.807) is 0 Å². The fraction of sp³-hybridized carbons (Fsp3) is 0.667. The fourth-order valence-electron chi connectivity index (χ4n) is 4.22. The van der Waals surface area contributed by atoms with Crippen LogP contribution in [0.5, 0.6) is 11.5 Å². The summed E-state index contributed by atoms with van der Waals surface area (Å²) in [5, 5.41) is 3.65. The van der Waals surface area contributed by atoms with Crippen molar-refractivity contribution in [1.82, 2.24) is 5.32 Å². The Hall–Kier alpha value is -1.22. The van der Waals surface area contributed by atoms with Gasteiger partial charge in [-0.1, -0.05) is 13.0 Å². The fourth-order valence-corrected chi connectivity index (χ4v) is 4.22. The molecule has 2 saturated carbocycles. The molecule has 1 aliphatic heterocycles. The minimum absolute atomic E-state index is 0.321. The summed E-state index contributed by atoms with van der Waals surface area (Å²) in [6, 6.07) is 6.59. The number of hydrogen-bond acceptors (Lipinski definition) is 3. The van der Waals surface area contributed by atoms with Gasteiger partial charge in [0.05, 0.1) is 0 Å². The second-order valence-electron chi connectivity index (χ2n) is 7.17. The Morgan fingerprint density at radius 1 is 1.10 bits per heavy atom. The van der Waals surface area contributed by atoms with Crippen LogP contribution in [0.4, 0.5) is 0 Å². The molecule has 0 amide bonds. The van der Waals surface area contributed by atoms with Crippen LogP contribution in [0.3, 0.4) is 0 Å². The first-order chi connectivity index (χ1) is 10.3. The molecule has 0 aromatic heterocycles. The zero-order valence-electron chi connectivity index (χ0n) is 12.9. The average Bonchev–Trinajstić information content (AvgIpc) is 3.26. The van der Waals surface area contributed by atoms with Crippen molar-refractivity contribution < 1.29 is 9.47 Å². The number of fused-ring (bicyclic) bond motifs is 1. The first-order valence-corrected chi connectivity index (χ1v) is 8.36. The van der Waals surface area contributed by atoms with E-state index in [2.05, 4.69) is 30.4 Å². The molecule has 1 aromatic rings. The third-order valence-electron chi connectivity index (χ3n) is 5.43. The van der Waals surface area contributed by atoms with E-state index >= 15 is 0 Å². The zero-order chi connectivity index (χ0) is 14.3. The van der Waals surface area contributed by atoms with Gasteiger partial charge in [-0.3, -0.25) is 0 Å². The van der Waals surface area contributed by atoms with Crippen LogP contribution in [-0.4, -0.2) is 26.3 Å². The summed E-state index contributed by atoms with van der Waals surface area (Å²) in [6.45, 7) is 5.77. The van der Waals surface area contributed by atoms with E-state index in [0.29, 0.717) is 24.0 Å². The highest BCUT2D eigenvalue weighted by molar-refractivity contribution is 5.47. The van der Waals surface area contributed by atoms with Crippen LogP contribution in [-0.2, 0) is 5.41 Å². The molecule has 3 aliphatic rings. The van der Waals surface area contributed by atoms with E-state index in [1.165, 1.54) is 37.7 Å². The molecule has 1 aromatic carbocycles. The molecule has 1 heterocycles. The van der Waals surface area contributed by atoms with E-state index in [0.717, 1.165) is 24.6 Å². The summed E-state index contributed by atoms with van der Waals surface area (Å²) >= 11 is 0. The maximum atomic E-state index is 5.78. The molecular formula is C18H25NO2. The number of nitrogens with one attached hydrogen (secondary N) is 1. The molecule has 21 heavy (non-hydrogen) atoms. The SMILES string of the molecule is CCCNCC1(c2ccc3c(c2)OCCO3)CC2(CC2)C1. The molecule has 3 heteroatoms. The number of hydrogen-bond donors (Lipinski definition) is 1. The van der Waals surface area contributed by atoms with Crippen LogP contribution in [0.15, 0.2) is 18.2 Å². The van der Waals surface area contributed by atoms with Gasteiger partial charge in [0.1, 0.15) is 13.2 Å². The Labute approximate surface area is 127 Å². The largest absolute Gasteiger partial charge is 0.486 e. The Morgan fingerprint density at radius 2 is 1.86 bits per heavy atom. The monoisotopic (exact) mass is 287 g/mol. The quantitative estimate of drug-likeness (QED) is 0.843. The highest BCUT2D eigenvalue weighted by Crippen LogP contribution is 2.69.